The summed E-state index contributed by atoms with van der Waals surface area (Å²) >= 11 is 0. The first-order valence-corrected chi connectivity index (χ1v) is 5.50. The summed E-state index contributed by atoms with van der Waals surface area (Å²) in [5.41, 5.74) is 5.17. The minimum atomic E-state index is -1.31. The van der Waals surface area contributed by atoms with Crippen molar-refractivity contribution in [1.82, 2.24) is 5.32 Å². The molecule has 0 aliphatic heterocycles. The van der Waals surface area contributed by atoms with E-state index < -0.39 is 22.8 Å². The molecule has 0 saturated carbocycles. The first kappa shape index (κ1) is 13.1. The summed E-state index contributed by atoms with van der Waals surface area (Å²) in [6.45, 7) is 1.63. The van der Waals surface area contributed by atoms with Crippen molar-refractivity contribution in [2.24, 2.45) is 5.73 Å². The fourth-order valence-electron chi connectivity index (χ4n) is 0.696. The Kier molecular flexibility index (Phi) is 6.06. The Morgan fingerprint density at radius 3 is 2.57 bits per heavy atom. The zero-order chi connectivity index (χ0) is 11.1. The smallest absolute Gasteiger partial charge is 0.321 e. The Morgan fingerprint density at radius 2 is 2.14 bits per heavy atom. The summed E-state index contributed by atoms with van der Waals surface area (Å²) in [4.78, 5) is 20.7. The number of aliphatic carboxylic acids is 1. The van der Waals surface area contributed by atoms with Crippen molar-refractivity contribution in [2.45, 2.75) is 13.0 Å². The quantitative estimate of drug-likeness (QED) is 0.495. The molecule has 1 unspecified atom stereocenters. The van der Waals surface area contributed by atoms with Crippen LogP contribution in [0, 0.1) is 0 Å². The highest BCUT2D eigenvalue weighted by Gasteiger charge is 2.14. The number of nitrogens with one attached hydrogen (secondary N) is 1. The number of hydrogen-bond acceptors (Lipinski definition) is 4. The van der Waals surface area contributed by atoms with Gasteiger partial charge >= 0.3 is 5.97 Å². The summed E-state index contributed by atoms with van der Waals surface area (Å²) in [6, 6.07) is -1.10. The van der Waals surface area contributed by atoms with Gasteiger partial charge in [-0.25, -0.2) is 0 Å². The molecule has 0 saturated heterocycles. The molecule has 0 aliphatic rings. The topological polar surface area (TPSA) is 109 Å². The third-order valence-electron chi connectivity index (χ3n) is 1.39. The molecule has 0 aromatic heterocycles. The van der Waals surface area contributed by atoms with E-state index in [4.69, 9.17) is 10.8 Å². The SMILES string of the molecule is CC(=O)NCCS(=O)C[C@H](N)C(=O)O. The van der Waals surface area contributed by atoms with Gasteiger partial charge in [-0.05, 0) is 0 Å². The van der Waals surface area contributed by atoms with E-state index in [2.05, 4.69) is 5.32 Å². The molecule has 2 atom stereocenters. The fourth-order valence-corrected chi connectivity index (χ4v) is 1.74. The number of carboxylic acids is 1. The molecule has 0 heterocycles. The Morgan fingerprint density at radius 1 is 1.57 bits per heavy atom. The lowest BCUT2D eigenvalue weighted by molar-refractivity contribution is -0.138. The molecular formula is C7H14N2O4S. The maximum absolute atomic E-state index is 11.2. The van der Waals surface area contributed by atoms with Crippen LogP contribution in [0.2, 0.25) is 0 Å². The fraction of sp³-hybridized carbons (Fsp3) is 0.714. The van der Waals surface area contributed by atoms with E-state index in [1.165, 1.54) is 6.92 Å². The van der Waals surface area contributed by atoms with Crippen LogP contribution < -0.4 is 11.1 Å². The maximum Gasteiger partial charge on any atom is 0.321 e. The van der Waals surface area contributed by atoms with Crippen molar-refractivity contribution >= 4 is 22.7 Å². The predicted molar refractivity (Wildman–Crippen MR) is 52.2 cm³/mol. The van der Waals surface area contributed by atoms with E-state index in [1.807, 2.05) is 0 Å². The van der Waals surface area contributed by atoms with Gasteiger partial charge in [0.25, 0.3) is 0 Å². The molecule has 7 heteroatoms. The van der Waals surface area contributed by atoms with Crippen LogP contribution in [0.15, 0.2) is 0 Å². The van der Waals surface area contributed by atoms with Gasteiger partial charge in [-0.1, -0.05) is 0 Å². The molecule has 0 radical (unpaired) electrons. The van der Waals surface area contributed by atoms with Crippen molar-refractivity contribution in [2.75, 3.05) is 18.1 Å². The van der Waals surface area contributed by atoms with Crippen LogP contribution in [0.25, 0.3) is 0 Å². The van der Waals surface area contributed by atoms with E-state index in [9.17, 15) is 13.8 Å². The predicted octanol–water partition coefficient (Wildman–Crippen LogP) is -1.72. The van der Waals surface area contributed by atoms with E-state index >= 15 is 0 Å². The van der Waals surface area contributed by atoms with E-state index in [-0.39, 0.29) is 24.0 Å². The van der Waals surface area contributed by atoms with Gasteiger partial charge < -0.3 is 16.2 Å². The van der Waals surface area contributed by atoms with Crippen LogP contribution >= 0.6 is 0 Å². The summed E-state index contributed by atoms with van der Waals surface area (Å²) < 4.78 is 11.2. The molecule has 0 rings (SSSR count). The molecular weight excluding hydrogens is 208 g/mol. The van der Waals surface area contributed by atoms with Crippen molar-refractivity contribution in [3.63, 3.8) is 0 Å². The summed E-state index contributed by atoms with van der Waals surface area (Å²) in [5, 5.41) is 10.9. The normalized spacial score (nSPS) is 14.4. The molecule has 0 aromatic carbocycles. The monoisotopic (exact) mass is 222 g/mol. The maximum atomic E-state index is 11.2. The highest BCUT2D eigenvalue weighted by molar-refractivity contribution is 7.85. The van der Waals surface area contributed by atoms with Crippen molar-refractivity contribution in [3.05, 3.63) is 0 Å². The minimum absolute atomic E-state index is 0.0884. The van der Waals surface area contributed by atoms with Gasteiger partial charge in [0.15, 0.2) is 0 Å². The highest BCUT2D eigenvalue weighted by atomic mass is 32.2. The summed E-state index contributed by atoms with van der Waals surface area (Å²) in [7, 11) is -1.31. The van der Waals surface area contributed by atoms with Crippen LogP contribution in [0.1, 0.15) is 6.92 Å². The lowest BCUT2D eigenvalue weighted by Gasteiger charge is -2.06. The average molecular weight is 222 g/mol. The second kappa shape index (κ2) is 6.50. The first-order valence-electron chi connectivity index (χ1n) is 4.01. The molecule has 0 fully saturated rings. The standard InChI is InChI=1S/C7H14N2O4S/c1-5(10)9-2-3-14(13)4-6(8)7(11)12/h6H,2-4,8H2,1H3,(H,9,10)(H,11,12)/t6-,14?/m0/s1. The van der Waals surface area contributed by atoms with Crippen LogP contribution in [-0.2, 0) is 20.4 Å². The lowest BCUT2D eigenvalue weighted by Crippen LogP contribution is -2.37. The molecule has 82 valence electrons. The number of carbonyl (C=O) groups is 2. The van der Waals surface area contributed by atoms with Gasteiger partial charge in [0.1, 0.15) is 6.04 Å². The first-order chi connectivity index (χ1) is 6.43. The molecule has 0 bridgehead atoms. The van der Waals surface area contributed by atoms with Gasteiger partial charge in [0.2, 0.25) is 5.91 Å². The van der Waals surface area contributed by atoms with Gasteiger partial charge in [0.05, 0.1) is 0 Å². The van der Waals surface area contributed by atoms with Crippen molar-refractivity contribution in [3.8, 4) is 0 Å². The molecule has 4 N–H and O–H groups in total. The molecule has 0 aromatic rings. The number of amides is 1. The van der Waals surface area contributed by atoms with E-state index in [1.54, 1.807) is 0 Å². The third-order valence-corrected chi connectivity index (χ3v) is 2.78. The summed E-state index contributed by atoms with van der Waals surface area (Å²) in [6.07, 6.45) is 0. The second-order valence-corrected chi connectivity index (χ2v) is 4.36. The number of nitrogens with two attached hydrogens (primary N) is 1. The molecule has 1 amide bonds. The van der Waals surface area contributed by atoms with Crippen molar-refractivity contribution < 1.29 is 18.9 Å². The number of carbonyl (C=O) groups excluding carboxylic acids is 1. The van der Waals surface area contributed by atoms with Crippen LogP contribution in [-0.4, -0.2) is 45.3 Å². The highest BCUT2D eigenvalue weighted by Crippen LogP contribution is 1.87. The molecule has 0 aliphatic carbocycles. The summed E-state index contributed by atoms with van der Waals surface area (Å²) in [5.74, 6) is -1.24. The number of hydrogen-bond donors (Lipinski definition) is 3. The molecule has 14 heavy (non-hydrogen) atoms. The van der Waals surface area contributed by atoms with E-state index in [0.29, 0.717) is 0 Å². The number of rotatable bonds is 6. The average Bonchev–Trinajstić information content (AvgIpc) is 2.02. The zero-order valence-electron chi connectivity index (χ0n) is 7.86. The van der Waals surface area contributed by atoms with Crippen LogP contribution in [0.3, 0.4) is 0 Å². The van der Waals surface area contributed by atoms with E-state index in [0.717, 1.165) is 0 Å². The third kappa shape index (κ3) is 6.55. The Labute approximate surface area is 84.3 Å². The molecule has 0 spiro atoms. The number of carboxylic acid groups (broad SMARTS) is 1. The minimum Gasteiger partial charge on any atom is -0.480 e. The largest absolute Gasteiger partial charge is 0.480 e. The zero-order valence-corrected chi connectivity index (χ0v) is 8.67. The Hall–Kier alpha value is -0.950. The van der Waals surface area contributed by atoms with Gasteiger partial charge in [-0.3, -0.25) is 13.8 Å². The Balaban J connectivity index is 3.65. The van der Waals surface area contributed by atoms with Crippen LogP contribution in [0.4, 0.5) is 0 Å². The van der Waals surface area contributed by atoms with Gasteiger partial charge in [0, 0.05) is 35.8 Å². The van der Waals surface area contributed by atoms with Gasteiger partial charge in [-0.15, -0.1) is 0 Å². The van der Waals surface area contributed by atoms with Gasteiger partial charge in [-0.2, -0.15) is 0 Å². The Bertz CT molecular complexity index is 244. The van der Waals surface area contributed by atoms with Crippen LogP contribution in [0.5, 0.6) is 0 Å². The second-order valence-electron chi connectivity index (χ2n) is 2.74. The van der Waals surface area contributed by atoms with Crippen molar-refractivity contribution in [1.29, 1.82) is 0 Å². The molecule has 6 nitrogen and oxygen atoms in total. The lowest BCUT2D eigenvalue weighted by atomic mass is 10.4.